The van der Waals surface area contributed by atoms with E-state index in [0.29, 0.717) is 26.1 Å². The maximum Gasteiger partial charge on any atom is 0.243 e. The molecule has 2 aliphatic heterocycles. The lowest BCUT2D eigenvalue weighted by Crippen LogP contribution is -2.60. The van der Waals surface area contributed by atoms with Crippen LogP contribution < -0.4 is 10.1 Å². The summed E-state index contributed by atoms with van der Waals surface area (Å²) in [5, 5.41) is 2.86. The first-order chi connectivity index (χ1) is 10.6. The van der Waals surface area contributed by atoms with Gasteiger partial charge in [-0.1, -0.05) is 32.0 Å². The third-order valence-electron chi connectivity index (χ3n) is 4.43. The summed E-state index contributed by atoms with van der Waals surface area (Å²) in [5.74, 6) is 0.672. The van der Waals surface area contributed by atoms with Crippen molar-refractivity contribution in [2.45, 2.75) is 32.2 Å². The lowest BCUT2D eigenvalue weighted by molar-refractivity contribution is -0.146. The van der Waals surface area contributed by atoms with E-state index in [1.165, 1.54) is 0 Å². The van der Waals surface area contributed by atoms with Gasteiger partial charge in [-0.15, -0.1) is 0 Å². The molecular formula is C17H22N2O3. The predicted molar refractivity (Wildman–Crippen MR) is 82.6 cm³/mol. The molecule has 2 aliphatic rings. The average molecular weight is 302 g/mol. The van der Waals surface area contributed by atoms with Gasteiger partial charge in [0.1, 0.15) is 11.8 Å². The van der Waals surface area contributed by atoms with E-state index in [1.807, 2.05) is 38.1 Å². The second kappa shape index (κ2) is 5.99. The molecule has 1 aromatic rings. The number of benzene rings is 1. The number of nitrogens with one attached hydrogen (secondary N) is 1. The van der Waals surface area contributed by atoms with Gasteiger partial charge >= 0.3 is 0 Å². The number of carbonyl (C=O) groups is 2. The highest BCUT2D eigenvalue weighted by molar-refractivity contribution is 5.92. The lowest BCUT2D eigenvalue weighted by atomic mass is 9.89. The molecule has 3 rings (SSSR count). The molecule has 5 nitrogen and oxygen atoms in total. The zero-order chi connectivity index (χ0) is 15.7. The van der Waals surface area contributed by atoms with Crippen molar-refractivity contribution < 1.29 is 14.3 Å². The van der Waals surface area contributed by atoms with Crippen LogP contribution in [0, 0.1) is 5.92 Å². The van der Waals surface area contributed by atoms with Crippen LogP contribution in [0.15, 0.2) is 24.3 Å². The van der Waals surface area contributed by atoms with Gasteiger partial charge in [-0.3, -0.25) is 9.59 Å². The van der Waals surface area contributed by atoms with Crippen LogP contribution in [0.2, 0.25) is 0 Å². The van der Waals surface area contributed by atoms with Crippen LogP contribution in [-0.2, 0) is 9.59 Å². The van der Waals surface area contributed by atoms with E-state index >= 15 is 0 Å². The van der Waals surface area contributed by atoms with Crippen molar-refractivity contribution in [1.82, 2.24) is 10.2 Å². The van der Waals surface area contributed by atoms with E-state index in [1.54, 1.807) is 4.90 Å². The van der Waals surface area contributed by atoms with E-state index in [2.05, 4.69) is 5.32 Å². The molecule has 0 aliphatic carbocycles. The second-order valence-electron chi connectivity index (χ2n) is 6.24. The minimum atomic E-state index is -0.378. The molecule has 0 spiro atoms. The monoisotopic (exact) mass is 302 g/mol. The Morgan fingerprint density at radius 1 is 1.36 bits per heavy atom. The Morgan fingerprint density at radius 3 is 2.91 bits per heavy atom. The third kappa shape index (κ3) is 2.56. The number of hydrogen-bond donors (Lipinski definition) is 1. The van der Waals surface area contributed by atoms with Crippen LogP contribution in [0.1, 0.15) is 31.7 Å². The smallest absolute Gasteiger partial charge is 0.243 e. The summed E-state index contributed by atoms with van der Waals surface area (Å²) in [5.41, 5.74) is 0.937. The first-order valence-corrected chi connectivity index (χ1v) is 7.89. The number of fused-ring (bicyclic) bond motifs is 1. The van der Waals surface area contributed by atoms with Crippen molar-refractivity contribution in [3.8, 4) is 5.75 Å². The van der Waals surface area contributed by atoms with Crippen molar-refractivity contribution in [2.24, 2.45) is 5.92 Å². The summed E-state index contributed by atoms with van der Waals surface area (Å²) >= 11 is 0. The molecule has 0 radical (unpaired) electrons. The van der Waals surface area contributed by atoms with Crippen LogP contribution in [0.3, 0.4) is 0 Å². The fourth-order valence-electron chi connectivity index (χ4n) is 3.39. The van der Waals surface area contributed by atoms with Crippen molar-refractivity contribution in [2.75, 3.05) is 19.7 Å². The Kier molecular flexibility index (Phi) is 4.05. The van der Waals surface area contributed by atoms with Crippen LogP contribution in [0.4, 0.5) is 0 Å². The van der Waals surface area contributed by atoms with Crippen LogP contribution in [-0.4, -0.2) is 42.5 Å². The van der Waals surface area contributed by atoms with Gasteiger partial charge in [0, 0.05) is 18.7 Å². The highest BCUT2D eigenvalue weighted by Gasteiger charge is 2.39. The quantitative estimate of drug-likeness (QED) is 0.901. The first kappa shape index (κ1) is 14.9. The van der Waals surface area contributed by atoms with E-state index in [4.69, 9.17) is 4.74 Å². The number of hydrogen-bond acceptors (Lipinski definition) is 3. The maximum atomic E-state index is 13.1. The fraction of sp³-hybridized carbons (Fsp3) is 0.529. The minimum Gasteiger partial charge on any atom is -0.493 e. The normalized spacial score (nSPS) is 24.5. The van der Waals surface area contributed by atoms with E-state index in [0.717, 1.165) is 11.3 Å². The van der Waals surface area contributed by atoms with Gasteiger partial charge in [-0.25, -0.2) is 0 Å². The number of para-hydroxylation sites is 1. The van der Waals surface area contributed by atoms with Gasteiger partial charge in [0.05, 0.1) is 12.5 Å². The van der Waals surface area contributed by atoms with Crippen molar-refractivity contribution in [1.29, 1.82) is 0 Å². The lowest BCUT2D eigenvalue weighted by Gasteiger charge is -2.40. The third-order valence-corrected chi connectivity index (χ3v) is 4.43. The van der Waals surface area contributed by atoms with Gasteiger partial charge < -0.3 is 15.0 Å². The standard InChI is InChI=1S/C17H22N2O3/c1-11(2)15-16(20)18-8-9-19(15)17(21)13-7-10-22-14-6-4-3-5-12(13)14/h3-6,11,13,15H,7-10H2,1-2H3,(H,18,20)/t13-,15-/m1/s1. The average Bonchev–Trinajstić information content (AvgIpc) is 2.53. The molecule has 1 saturated heterocycles. The highest BCUT2D eigenvalue weighted by atomic mass is 16.5. The first-order valence-electron chi connectivity index (χ1n) is 7.89. The number of nitrogens with zero attached hydrogens (tertiary/aromatic N) is 1. The Hall–Kier alpha value is -2.04. The molecule has 1 fully saturated rings. The molecular weight excluding hydrogens is 280 g/mol. The highest BCUT2D eigenvalue weighted by Crippen LogP contribution is 2.35. The minimum absolute atomic E-state index is 0.0456. The van der Waals surface area contributed by atoms with Crippen molar-refractivity contribution in [3.63, 3.8) is 0 Å². The number of carbonyl (C=O) groups excluding carboxylic acids is 2. The molecule has 2 amide bonds. The van der Waals surface area contributed by atoms with Crippen LogP contribution >= 0.6 is 0 Å². The molecule has 2 heterocycles. The molecule has 0 saturated carbocycles. The molecule has 0 bridgehead atoms. The zero-order valence-electron chi connectivity index (χ0n) is 13.0. The zero-order valence-corrected chi connectivity index (χ0v) is 13.0. The summed E-state index contributed by atoms with van der Waals surface area (Å²) in [6.07, 6.45) is 0.665. The van der Waals surface area contributed by atoms with Gasteiger partial charge in [0.2, 0.25) is 11.8 Å². The van der Waals surface area contributed by atoms with Gasteiger partial charge in [-0.05, 0) is 18.4 Å². The maximum absolute atomic E-state index is 13.1. The summed E-state index contributed by atoms with van der Waals surface area (Å²) in [6, 6.07) is 7.31. The Labute approximate surface area is 130 Å². The molecule has 2 atom stereocenters. The second-order valence-corrected chi connectivity index (χ2v) is 6.24. The summed E-state index contributed by atoms with van der Waals surface area (Å²) in [7, 11) is 0. The van der Waals surface area contributed by atoms with E-state index in [9.17, 15) is 9.59 Å². The largest absolute Gasteiger partial charge is 0.493 e. The predicted octanol–water partition coefficient (Wildman–Crippen LogP) is 1.54. The summed E-state index contributed by atoms with van der Waals surface area (Å²) in [4.78, 5) is 27.0. The SMILES string of the molecule is CC(C)[C@@H]1C(=O)NCCN1C(=O)[C@@H]1CCOc2ccccc21. The topological polar surface area (TPSA) is 58.6 Å². The summed E-state index contributed by atoms with van der Waals surface area (Å²) < 4.78 is 5.64. The van der Waals surface area contributed by atoms with E-state index < -0.39 is 0 Å². The molecule has 1 N–H and O–H groups in total. The van der Waals surface area contributed by atoms with Crippen LogP contribution in [0.5, 0.6) is 5.75 Å². The Bertz CT molecular complexity index is 585. The van der Waals surface area contributed by atoms with Crippen molar-refractivity contribution in [3.05, 3.63) is 29.8 Å². The Balaban J connectivity index is 1.89. The molecule has 118 valence electrons. The van der Waals surface area contributed by atoms with Gasteiger partial charge in [-0.2, -0.15) is 0 Å². The number of rotatable bonds is 2. The molecule has 0 unspecified atom stereocenters. The van der Waals surface area contributed by atoms with Crippen molar-refractivity contribution >= 4 is 11.8 Å². The Morgan fingerprint density at radius 2 is 2.14 bits per heavy atom. The van der Waals surface area contributed by atoms with Gasteiger partial charge in [0.15, 0.2) is 0 Å². The van der Waals surface area contributed by atoms with Crippen LogP contribution in [0.25, 0.3) is 0 Å². The number of ether oxygens (including phenoxy) is 1. The fourth-order valence-corrected chi connectivity index (χ4v) is 3.39. The molecule has 22 heavy (non-hydrogen) atoms. The number of piperazine rings is 1. The molecule has 1 aromatic carbocycles. The molecule has 0 aromatic heterocycles. The molecule has 5 heteroatoms. The summed E-state index contributed by atoms with van der Waals surface area (Å²) in [6.45, 7) is 5.60. The van der Waals surface area contributed by atoms with E-state index in [-0.39, 0.29) is 29.7 Å². The number of amides is 2. The van der Waals surface area contributed by atoms with Gasteiger partial charge in [0.25, 0.3) is 0 Å².